The third kappa shape index (κ3) is 9.62. The van der Waals surface area contributed by atoms with Gasteiger partial charge in [-0.3, -0.25) is 4.79 Å². The van der Waals surface area contributed by atoms with Gasteiger partial charge < -0.3 is 24.8 Å². The highest BCUT2D eigenvalue weighted by atomic mass is 32.2. The molecular formula is C38H43NO7S. The van der Waals surface area contributed by atoms with E-state index in [4.69, 9.17) is 4.18 Å². The zero-order valence-electron chi connectivity index (χ0n) is 26.4. The first-order chi connectivity index (χ1) is 22.7. The summed E-state index contributed by atoms with van der Waals surface area (Å²) in [6, 6.07) is 29.8. The van der Waals surface area contributed by atoms with Crippen molar-refractivity contribution in [2.75, 3.05) is 6.54 Å². The Hall–Kier alpha value is -4.76. The second-order valence-electron chi connectivity index (χ2n) is 11.5. The minimum atomic E-state index is -4.15. The standard InChI is InChI=1S/C38H43NO7S/c40-34-28-30(29-35(41)37(34)43)24-25-36(42)39-27-17-6-4-2-1-3-5-16-26-38(31-18-10-7-11-19-31,32-20-12-8-13-21-32)47(44,45)46-33-22-14-9-15-23-33/h7-15,18-25,28-29,40-41,43H,1-6,16-17,26-27H2,(H,39,42)/b25-24+. The average molecular weight is 658 g/mol. The molecule has 0 heterocycles. The number of para-hydroxylation sites is 1. The molecule has 0 spiro atoms. The Kier molecular flexibility index (Phi) is 12.9. The second-order valence-corrected chi connectivity index (χ2v) is 13.3. The molecule has 0 unspecified atom stereocenters. The Bertz CT molecular complexity index is 1630. The normalized spacial score (nSPS) is 11.8. The second kappa shape index (κ2) is 17.2. The SMILES string of the molecule is O=C(/C=C/c1cc(O)c(O)c(O)c1)NCCCCCCCCCCC(c1ccccc1)(c1ccccc1)S(=O)(=O)Oc1ccccc1. The van der Waals surface area contributed by atoms with E-state index in [1.807, 2.05) is 66.7 Å². The number of nitrogens with one attached hydrogen (secondary N) is 1. The van der Waals surface area contributed by atoms with Crippen molar-refractivity contribution >= 4 is 22.1 Å². The van der Waals surface area contributed by atoms with Crippen molar-refractivity contribution in [1.82, 2.24) is 5.32 Å². The van der Waals surface area contributed by atoms with Gasteiger partial charge in [0.25, 0.3) is 0 Å². The van der Waals surface area contributed by atoms with Crippen LogP contribution in [-0.2, 0) is 19.7 Å². The summed E-state index contributed by atoms with van der Waals surface area (Å²) in [7, 11) is -4.15. The molecular weight excluding hydrogens is 614 g/mol. The molecule has 4 aromatic rings. The summed E-state index contributed by atoms with van der Waals surface area (Å²) in [6.45, 7) is 0.538. The fourth-order valence-electron chi connectivity index (χ4n) is 5.68. The lowest BCUT2D eigenvalue weighted by Gasteiger charge is -2.34. The van der Waals surface area contributed by atoms with Gasteiger partial charge in [-0.1, -0.05) is 124 Å². The molecule has 1 amide bonds. The van der Waals surface area contributed by atoms with E-state index >= 15 is 0 Å². The number of rotatable bonds is 18. The first kappa shape index (κ1) is 35.1. The van der Waals surface area contributed by atoms with E-state index < -0.39 is 32.1 Å². The van der Waals surface area contributed by atoms with E-state index in [1.54, 1.807) is 24.3 Å². The third-order valence-electron chi connectivity index (χ3n) is 8.13. The van der Waals surface area contributed by atoms with Crippen molar-refractivity contribution in [1.29, 1.82) is 0 Å². The van der Waals surface area contributed by atoms with Gasteiger partial charge in [0.1, 0.15) is 5.75 Å². The average Bonchev–Trinajstić information content (AvgIpc) is 3.07. The van der Waals surface area contributed by atoms with Crippen LogP contribution in [0.2, 0.25) is 0 Å². The van der Waals surface area contributed by atoms with Crippen LogP contribution in [0.25, 0.3) is 6.08 Å². The molecule has 47 heavy (non-hydrogen) atoms. The topological polar surface area (TPSA) is 133 Å². The monoisotopic (exact) mass is 657 g/mol. The summed E-state index contributed by atoms with van der Waals surface area (Å²) in [6.07, 6.45) is 10.7. The van der Waals surface area contributed by atoms with E-state index in [1.165, 1.54) is 24.3 Å². The largest absolute Gasteiger partial charge is 0.504 e. The van der Waals surface area contributed by atoms with E-state index in [2.05, 4.69) is 5.32 Å². The summed E-state index contributed by atoms with van der Waals surface area (Å²) < 4.78 is 32.9. The summed E-state index contributed by atoms with van der Waals surface area (Å²) in [4.78, 5) is 12.1. The van der Waals surface area contributed by atoms with Crippen LogP contribution in [0, 0.1) is 0 Å². The summed E-state index contributed by atoms with van der Waals surface area (Å²) in [5, 5.41) is 31.4. The van der Waals surface area contributed by atoms with Crippen molar-refractivity contribution in [3.8, 4) is 23.0 Å². The Morgan fingerprint density at radius 3 is 1.68 bits per heavy atom. The van der Waals surface area contributed by atoms with Gasteiger partial charge in [-0.2, -0.15) is 8.42 Å². The van der Waals surface area contributed by atoms with Crippen molar-refractivity contribution in [3.63, 3.8) is 0 Å². The van der Waals surface area contributed by atoms with Crippen molar-refractivity contribution in [2.24, 2.45) is 0 Å². The molecule has 0 aliphatic heterocycles. The van der Waals surface area contributed by atoms with Crippen LogP contribution in [0.15, 0.2) is 109 Å². The summed E-state index contributed by atoms with van der Waals surface area (Å²) in [5.41, 5.74) is 1.76. The molecule has 0 bridgehead atoms. The molecule has 0 radical (unpaired) electrons. The fourth-order valence-corrected chi connectivity index (χ4v) is 7.43. The zero-order valence-corrected chi connectivity index (χ0v) is 27.2. The smallest absolute Gasteiger partial charge is 0.323 e. The van der Waals surface area contributed by atoms with Crippen LogP contribution < -0.4 is 9.50 Å². The van der Waals surface area contributed by atoms with E-state index in [0.717, 1.165) is 44.9 Å². The Morgan fingerprint density at radius 1 is 0.681 bits per heavy atom. The number of hydrogen-bond donors (Lipinski definition) is 4. The molecule has 8 nitrogen and oxygen atoms in total. The van der Waals surface area contributed by atoms with E-state index in [-0.39, 0.29) is 11.7 Å². The Labute approximate surface area is 277 Å². The molecule has 0 saturated heterocycles. The van der Waals surface area contributed by atoms with Gasteiger partial charge in [-0.25, -0.2) is 0 Å². The maximum Gasteiger partial charge on any atom is 0.323 e. The molecule has 0 aliphatic rings. The summed E-state index contributed by atoms with van der Waals surface area (Å²) >= 11 is 0. The summed E-state index contributed by atoms with van der Waals surface area (Å²) in [5.74, 6) is -1.51. The molecule has 0 aliphatic carbocycles. The van der Waals surface area contributed by atoms with Crippen molar-refractivity contribution < 1.29 is 32.7 Å². The molecule has 0 atom stereocenters. The van der Waals surface area contributed by atoms with Gasteiger partial charge in [-0.05, 0) is 59.9 Å². The lowest BCUT2D eigenvalue weighted by atomic mass is 9.85. The van der Waals surface area contributed by atoms with Crippen LogP contribution in [0.5, 0.6) is 23.0 Å². The zero-order chi connectivity index (χ0) is 33.5. The third-order valence-corrected chi connectivity index (χ3v) is 10.1. The number of hydrogen-bond acceptors (Lipinski definition) is 7. The predicted octanol–water partition coefficient (Wildman–Crippen LogP) is 7.80. The van der Waals surface area contributed by atoms with Gasteiger partial charge in [-0.15, -0.1) is 0 Å². The quantitative estimate of drug-likeness (QED) is 0.0371. The molecule has 0 saturated carbocycles. The Morgan fingerprint density at radius 2 is 1.15 bits per heavy atom. The number of carbonyl (C=O) groups is 1. The number of phenols is 3. The van der Waals surface area contributed by atoms with Crippen molar-refractivity contribution in [3.05, 3.63) is 126 Å². The van der Waals surface area contributed by atoms with Crippen LogP contribution in [-0.4, -0.2) is 36.2 Å². The number of phenolic OH excluding ortho intramolecular Hbond substituents is 3. The predicted molar refractivity (Wildman–Crippen MR) is 185 cm³/mol. The highest BCUT2D eigenvalue weighted by molar-refractivity contribution is 7.88. The Balaban J connectivity index is 1.24. The molecule has 4 rings (SSSR count). The molecule has 4 aromatic carbocycles. The first-order valence-corrected chi connectivity index (χ1v) is 17.4. The molecule has 248 valence electrons. The van der Waals surface area contributed by atoms with Crippen LogP contribution in [0.4, 0.5) is 0 Å². The fraction of sp³-hybridized carbons (Fsp3) is 0.289. The van der Waals surface area contributed by atoms with Crippen LogP contribution >= 0.6 is 0 Å². The lowest BCUT2D eigenvalue weighted by Crippen LogP contribution is -2.40. The maximum absolute atomic E-state index is 14.2. The minimum absolute atomic E-state index is 0.282. The van der Waals surface area contributed by atoms with Gasteiger partial charge in [0.05, 0.1) is 0 Å². The number of aromatic hydroxyl groups is 3. The molecule has 0 fully saturated rings. The number of unbranched alkanes of at least 4 members (excludes halogenated alkanes) is 7. The van der Waals surface area contributed by atoms with Crippen LogP contribution in [0.1, 0.15) is 74.5 Å². The number of benzene rings is 4. The molecule has 9 heteroatoms. The number of amides is 1. The highest BCUT2D eigenvalue weighted by Crippen LogP contribution is 2.43. The van der Waals surface area contributed by atoms with Gasteiger partial charge >= 0.3 is 10.1 Å². The van der Waals surface area contributed by atoms with Gasteiger partial charge in [0.2, 0.25) is 5.91 Å². The molecule has 4 N–H and O–H groups in total. The first-order valence-electron chi connectivity index (χ1n) is 16.0. The van der Waals surface area contributed by atoms with Gasteiger partial charge in [0, 0.05) is 12.6 Å². The van der Waals surface area contributed by atoms with E-state index in [0.29, 0.717) is 36.1 Å². The maximum atomic E-state index is 14.2. The minimum Gasteiger partial charge on any atom is -0.504 e. The molecule has 0 aromatic heterocycles. The lowest BCUT2D eigenvalue weighted by molar-refractivity contribution is -0.116. The van der Waals surface area contributed by atoms with Gasteiger partial charge in [0.15, 0.2) is 22.0 Å². The van der Waals surface area contributed by atoms with Crippen LogP contribution in [0.3, 0.4) is 0 Å². The van der Waals surface area contributed by atoms with Crippen molar-refractivity contribution in [2.45, 2.75) is 62.5 Å². The highest BCUT2D eigenvalue weighted by Gasteiger charge is 2.48. The van der Waals surface area contributed by atoms with E-state index in [9.17, 15) is 28.5 Å². The number of carbonyl (C=O) groups excluding carboxylic acids is 1.